The van der Waals surface area contributed by atoms with Crippen molar-refractivity contribution >= 4 is 5.97 Å². The minimum Gasteiger partial charge on any atom is -0.462 e. The summed E-state index contributed by atoms with van der Waals surface area (Å²) in [4.78, 5) is 11.9. The van der Waals surface area contributed by atoms with Crippen LogP contribution in [0.1, 0.15) is 98.8 Å². The van der Waals surface area contributed by atoms with Crippen LogP contribution in [0.2, 0.25) is 0 Å². The Labute approximate surface area is 216 Å². The molecule has 5 heterocycles. The molecule has 0 amide bonds. The average Bonchev–Trinajstić information content (AvgIpc) is 3.20. The molecule has 202 valence electrons. The minimum atomic E-state index is -1.30. The quantitative estimate of drug-likeness (QED) is 0.290. The first-order valence-corrected chi connectivity index (χ1v) is 14.1. The van der Waals surface area contributed by atoms with Gasteiger partial charge in [-0.05, 0) is 88.9 Å². The van der Waals surface area contributed by atoms with Crippen LogP contribution in [0.4, 0.5) is 0 Å². The van der Waals surface area contributed by atoms with E-state index in [2.05, 4.69) is 33.4 Å². The molecule has 0 aromatic heterocycles. The van der Waals surface area contributed by atoms with E-state index in [0.717, 1.165) is 50.5 Å². The number of cyclic esters (lactones) is 1. The lowest BCUT2D eigenvalue weighted by atomic mass is 9.58. The zero-order valence-electron chi connectivity index (χ0n) is 23.0. The number of carbonyl (C=O) groups is 1. The van der Waals surface area contributed by atoms with Gasteiger partial charge in [-0.15, -0.1) is 0 Å². The molecule has 1 aliphatic carbocycles. The summed E-state index contributed by atoms with van der Waals surface area (Å²) < 4.78 is 24.4. The van der Waals surface area contributed by atoms with E-state index in [-0.39, 0.29) is 11.4 Å². The van der Waals surface area contributed by atoms with Crippen LogP contribution in [0.5, 0.6) is 0 Å². The predicted molar refractivity (Wildman–Crippen MR) is 137 cm³/mol. The number of allylic oxidation sites excluding steroid dienone is 2. The number of hydrogen-bond donors (Lipinski definition) is 1. The molecule has 0 radical (unpaired) electrons. The highest BCUT2D eigenvalue weighted by Crippen LogP contribution is 2.59. The normalized spacial score (nSPS) is 44.8. The van der Waals surface area contributed by atoms with E-state index in [1.54, 1.807) is 0 Å². The highest BCUT2D eigenvalue weighted by molar-refractivity contribution is 5.90. The Morgan fingerprint density at radius 3 is 2.44 bits per heavy atom. The van der Waals surface area contributed by atoms with E-state index >= 15 is 0 Å². The third kappa shape index (κ3) is 4.20. The Bertz CT molecular complexity index is 926. The number of esters is 1. The van der Waals surface area contributed by atoms with Crippen LogP contribution in [0.25, 0.3) is 0 Å². The van der Waals surface area contributed by atoms with Crippen molar-refractivity contribution in [3.05, 3.63) is 23.8 Å². The summed E-state index contributed by atoms with van der Waals surface area (Å²) in [6, 6.07) is 0. The Kier molecular flexibility index (Phi) is 6.55. The SMILES string of the molecule is C=C1CC[C@@H](CC[C@H]2CC[C@]3(OC2)O[C@@]2(O)CC[C@]3(C)OC2(C)C)C(C)(C)[C@H]1C/C=C1\CCOC1=O. The molecule has 1 spiro atoms. The van der Waals surface area contributed by atoms with Gasteiger partial charge in [0.1, 0.15) is 11.2 Å². The lowest BCUT2D eigenvalue weighted by molar-refractivity contribution is -0.522. The summed E-state index contributed by atoms with van der Waals surface area (Å²) in [5, 5.41) is 11.2. The summed E-state index contributed by atoms with van der Waals surface area (Å²) in [6.45, 7) is 16.3. The Morgan fingerprint density at radius 2 is 1.81 bits per heavy atom. The van der Waals surface area contributed by atoms with Crippen molar-refractivity contribution in [3.63, 3.8) is 0 Å². The van der Waals surface area contributed by atoms with Gasteiger partial charge in [0.15, 0.2) is 5.79 Å². The molecule has 0 aromatic carbocycles. The molecule has 5 aliphatic heterocycles. The van der Waals surface area contributed by atoms with E-state index in [0.29, 0.717) is 37.4 Å². The van der Waals surface area contributed by atoms with Gasteiger partial charge in [-0.3, -0.25) is 0 Å². The second-order valence-corrected chi connectivity index (χ2v) is 13.4. The molecule has 6 atom stereocenters. The third-order valence-corrected chi connectivity index (χ3v) is 10.6. The van der Waals surface area contributed by atoms with Gasteiger partial charge in [-0.1, -0.05) is 32.1 Å². The molecule has 6 aliphatic rings. The molecule has 0 aromatic rings. The largest absolute Gasteiger partial charge is 0.462 e. The maximum atomic E-state index is 11.9. The van der Waals surface area contributed by atoms with Crippen LogP contribution < -0.4 is 0 Å². The summed E-state index contributed by atoms with van der Waals surface area (Å²) in [7, 11) is 0. The van der Waals surface area contributed by atoms with Gasteiger partial charge in [-0.25, -0.2) is 4.79 Å². The number of hydrogen-bond acceptors (Lipinski definition) is 6. The standard InChI is InChI=1S/C30H46O6/c1-20-7-10-23(26(2,3)24(20)12-9-22-14-18-33-25(22)31)11-8-21-13-15-30(34-19-21)28(6)16-17-29(32,36-30)27(4,5)35-28/h9,21,23-24,32H,1,7-8,10-19H2,2-6H3/b22-9+/t21-,23-,24-,28-,29-,30-/m0/s1. The maximum absolute atomic E-state index is 11.9. The Balaban J connectivity index is 1.18. The zero-order valence-corrected chi connectivity index (χ0v) is 23.0. The summed E-state index contributed by atoms with van der Waals surface area (Å²) >= 11 is 0. The summed E-state index contributed by atoms with van der Waals surface area (Å²) in [6.07, 6.45) is 11.3. The van der Waals surface area contributed by atoms with E-state index in [4.69, 9.17) is 18.9 Å². The molecule has 6 nitrogen and oxygen atoms in total. The topological polar surface area (TPSA) is 74.2 Å². The second-order valence-electron chi connectivity index (χ2n) is 13.4. The number of aliphatic hydroxyl groups is 1. The van der Waals surface area contributed by atoms with Crippen molar-refractivity contribution in [2.75, 3.05) is 13.2 Å². The fraction of sp³-hybridized carbons (Fsp3) is 0.833. The van der Waals surface area contributed by atoms with Gasteiger partial charge < -0.3 is 24.1 Å². The fourth-order valence-corrected chi connectivity index (χ4v) is 7.79. The fourth-order valence-electron chi connectivity index (χ4n) is 7.79. The highest BCUT2D eigenvalue weighted by Gasteiger charge is 2.71. The third-order valence-electron chi connectivity index (χ3n) is 10.6. The Hall–Kier alpha value is -1.21. The molecule has 36 heavy (non-hydrogen) atoms. The van der Waals surface area contributed by atoms with Gasteiger partial charge >= 0.3 is 5.97 Å². The van der Waals surface area contributed by atoms with E-state index in [1.165, 1.54) is 18.4 Å². The van der Waals surface area contributed by atoms with Crippen molar-refractivity contribution in [2.45, 2.75) is 122 Å². The molecule has 6 heteroatoms. The lowest BCUT2D eigenvalue weighted by Crippen LogP contribution is -2.78. The molecule has 2 bridgehead atoms. The highest BCUT2D eigenvalue weighted by atomic mass is 16.8. The molecule has 0 unspecified atom stereocenters. The summed E-state index contributed by atoms with van der Waals surface area (Å²) in [5.41, 5.74) is 1.00. The van der Waals surface area contributed by atoms with Crippen molar-refractivity contribution in [1.82, 2.24) is 0 Å². The van der Waals surface area contributed by atoms with E-state index < -0.39 is 22.8 Å². The first-order valence-electron chi connectivity index (χ1n) is 14.1. The number of rotatable bonds is 5. The van der Waals surface area contributed by atoms with Crippen molar-refractivity contribution in [2.24, 2.45) is 23.2 Å². The van der Waals surface area contributed by atoms with E-state index in [9.17, 15) is 9.90 Å². The predicted octanol–water partition coefficient (Wildman–Crippen LogP) is 5.83. The second kappa shape index (κ2) is 8.93. The smallest absolute Gasteiger partial charge is 0.333 e. The molecule has 6 rings (SSSR count). The lowest BCUT2D eigenvalue weighted by Gasteiger charge is -2.66. The van der Waals surface area contributed by atoms with Gasteiger partial charge in [-0.2, -0.15) is 0 Å². The monoisotopic (exact) mass is 502 g/mol. The van der Waals surface area contributed by atoms with E-state index in [1.807, 2.05) is 13.8 Å². The number of fused-ring (bicyclic) bond motifs is 2. The minimum absolute atomic E-state index is 0.132. The van der Waals surface area contributed by atoms with Crippen LogP contribution in [-0.2, 0) is 23.7 Å². The van der Waals surface area contributed by atoms with Crippen LogP contribution in [-0.4, -0.2) is 47.1 Å². The van der Waals surface area contributed by atoms with Gasteiger partial charge in [0.2, 0.25) is 5.79 Å². The van der Waals surface area contributed by atoms with Gasteiger partial charge in [0.25, 0.3) is 0 Å². The van der Waals surface area contributed by atoms with Crippen LogP contribution in [0.3, 0.4) is 0 Å². The molecular weight excluding hydrogens is 456 g/mol. The molecular formula is C30H46O6. The number of ether oxygens (including phenoxy) is 4. The summed E-state index contributed by atoms with van der Waals surface area (Å²) in [5.74, 6) is -0.816. The first-order chi connectivity index (χ1) is 16.8. The zero-order chi connectivity index (χ0) is 26.0. The van der Waals surface area contributed by atoms with Crippen LogP contribution in [0.15, 0.2) is 23.8 Å². The Morgan fingerprint density at radius 1 is 1.03 bits per heavy atom. The van der Waals surface area contributed by atoms with Crippen LogP contribution in [0, 0.1) is 23.2 Å². The van der Waals surface area contributed by atoms with Crippen molar-refractivity contribution in [3.8, 4) is 0 Å². The average molecular weight is 503 g/mol. The van der Waals surface area contributed by atoms with Gasteiger partial charge in [0.05, 0.1) is 13.2 Å². The van der Waals surface area contributed by atoms with Gasteiger partial charge in [0, 0.05) is 24.8 Å². The van der Waals surface area contributed by atoms with Crippen molar-refractivity contribution < 1.29 is 28.8 Å². The molecule has 6 fully saturated rings. The van der Waals surface area contributed by atoms with Crippen LogP contribution >= 0.6 is 0 Å². The molecule has 1 N–H and O–H groups in total. The maximum Gasteiger partial charge on any atom is 0.333 e. The number of carbonyl (C=O) groups excluding carboxylic acids is 1. The molecule has 1 saturated carbocycles. The first kappa shape index (κ1) is 26.4. The molecule has 5 saturated heterocycles. The van der Waals surface area contributed by atoms with Crippen molar-refractivity contribution in [1.29, 1.82) is 0 Å².